The normalized spacial score (nSPS) is 24.0. The summed E-state index contributed by atoms with van der Waals surface area (Å²) in [6.07, 6.45) is 4.67. The first kappa shape index (κ1) is 7.15. The molecule has 1 heterocycles. The quantitative estimate of drug-likeness (QED) is 0.605. The maximum Gasteiger partial charge on any atom is 0.210 e. The molecule has 1 unspecified atom stereocenters. The summed E-state index contributed by atoms with van der Waals surface area (Å²) >= 11 is 0. The summed E-state index contributed by atoms with van der Waals surface area (Å²) in [5.74, 6) is 0. The van der Waals surface area contributed by atoms with Gasteiger partial charge in [-0.2, -0.15) is 0 Å². The molecule has 0 saturated carbocycles. The molecule has 3 nitrogen and oxygen atoms in total. The van der Waals surface area contributed by atoms with Crippen LogP contribution in [0.1, 0.15) is 6.92 Å². The zero-order chi connectivity index (χ0) is 7.56. The predicted octanol–water partition coefficient (Wildman–Crippen LogP) is 0.514. The Morgan fingerprint density at radius 3 is 2.70 bits per heavy atom. The van der Waals surface area contributed by atoms with Gasteiger partial charge in [-0.15, -0.1) is 0 Å². The third-order valence-corrected chi connectivity index (χ3v) is 1.57. The summed E-state index contributed by atoms with van der Waals surface area (Å²) in [7, 11) is 0. The lowest BCUT2D eigenvalue weighted by Gasteiger charge is -2.23. The topological polar surface area (TPSA) is 26.7 Å². The van der Waals surface area contributed by atoms with Crippen LogP contribution in [0.5, 0.6) is 0 Å². The smallest absolute Gasteiger partial charge is 0.210 e. The molecule has 0 radical (unpaired) electrons. The molecule has 0 aromatic heterocycles. The number of aliphatic hydroxyl groups is 1. The second kappa shape index (κ2) is 2.75. The lowest BCUT2D eigenvalue weighted by atomic mass is 10.6. The maximum absolute atomic E-state index is 9.37. The first-order valence-electron chi connectivity index (χ1n) is 3.31. The Labute approximate surface area is 60.9 Å². The molecule has 0 aromatic carbocycles. The van der Waals surface area contributed by atoms with Crippen molar-refractivity contribution in [3.63, 3.8) is 0 Å². The van der Waals surface area contributed by atoms with Gasteiger partial charge in [0.25, 0.3) is 0 Å². The first-order valence-corrected chi connectivity index (χ1v) is 3.31. The van der Waals surface area contributed by atoms with Gasteiger partial charge >= 0.3 is 0 Å². The zero-order valence-electron chi connectivity index (χ0n) is 6.07. The highest BCUT2D eigenvalue weighted by Gasteiger charge is 2.19. The third kappa shape index (κ3) is 0.998. The molecule has 0 amide bonds. The van der Waals surface area contributed by atoms with Gasteiger partial charge in [0.05, 0.1) is 0 Å². The molecule has 56 valence electrons. The molecule has 10 heavy (non-hydrogen) atoms. The van der Waals surface area contributed by atoms with E-state index in [-0.39, 0.29) is 0 Å². The highest BCUT2D eigenvalue weighted by molar-refractivity contribution is 4.96. The van der Waals surface area contributed by atoms with E-state index in [0.717, 1.165) is 6.54 Å². The van der Waals surface area contributed by atoms with Crippen LogP contribution in [0.4, 0.5) is 0 Å². The van der Waals surface area contributed by atoms with Crippen LogP contribution in [0, 0.1) is 0 Å². The van der Waals surface area contributed by atoms with Crippen molar-refractivity contribution in [2.24, 2.45) is 0 Å². The Hall–Kier alpha value is -0.960. The largest absolute Gasteiger partial charge is 0.356 e. The van der Waals surface area contributed by atoms with Crippen LogP contribution in [-0.4, -0.2) is 27.8 Å². The van der Waals surface area contributed by atoms with Gasteiger partial charge in [0.2, 0.25) is 6.35 Å². The maximum atomic E-state index is 9.37. The van der Waals surface area contributed by atoms with E-state index in [1.165, 1.54) is 0 Å². The van der Waals surface area contributed by atoms with Crippen molar-refractivity contribution in [2.75, 3.05) is 6.54 Å². The minimum atomic E-state index is -0.553. The van der Waals surface area contributed by atoms with Gasteiger partial charge in [0.1, 0.15) is 0 Å². The number of nitrogens with zero attached hydrogens (tertiary/aromatic N) is 2. The lowest BCUT2D eigenvalue weighted by molar-refractivity contribution is -0.0238. The average molecular weight is 140 g/mol. The molecule has 1 aliphatic rings. The van der Waals surface area contributed by atoms with Gasteiger partial charge in [-0.25, -0.2) is 0 Å². The van der Waals surface area contributed by atoms with Crippen LogP contribution in [0.3, 0.4) is 0 Å². The second-order valence-corrected chi connectivity index (χ2v) is 2.10. The number of aliphatic hydroxyl groups excluding tert-OH is 1. The molecule has 0 saturated heterocycles. The van der Waals surface area contributed by atoms with E-state index in [4.69, 9.17) is 0 Å². The fourth-order valence-corrected chi connectivity index (χ4v) is 0.912. The SMILES string of the molecule is C=CN1C=CN(CC)C1O. The van der Waals surface area contributed by atoms with Gasteiger partial charge in [-0.05, 0) is 6.92 Å². The molecule has 0 spiro atoms. The Balaban J connectivity index is 2.57. The summed E-state index contributed by atoms with van der Waals surface area (Å²) in [5.41, 5.74) is 0. The van der Waals surface area contributed by atoms with E-state index in [2.05, 4.69) is 6.58 Å². The molecule has 1 N–H and O–H groups in total. The highest BCUT2D eigenvalue weighted by atomic mass is 16.3. The summed E-state index contributed by atoms with van der Waals surface area (Å²) < 4.78 is 0. The highest BCUT2D eigenvalue weighted by Crippen LogP contribution is 2.11. The van der Waals surface area contributed by atoms with E-state index in [1.54, 1.807) is 17.3 Å². The van der Waals surface area contributed by atoms with Crippen LogP contribution in [0.25, 0.3) is 0 Å². The molecule has 0 aromatic rings. The molecular weight excluding hydrogens is 128 g/mol. The molecule has 0 bridgehead atoms. The predicted molar refractivity (Wildman–Crippen MR) is 39.6 cm³/mol. The molecular formula is C7H12N2O. The van der Waals surface area contributed by atoms with Crippen LogP contribution in [0.2, 0.25) is 0 Å². The summed E-state index contributed by atoms with van der Waals surface area (Å²) in [6.45, 7) is 6.34. The van der Waals surface area contributed by atoms with Crippen molar-refractivity contribution in [3.8, 4) is 0 Å². The number of rotatable bonds is 2. The minimum absolute atomic E-state index is 0.553. The Bertz CT molecular complexity index is 156. The molecule has 1 rings (SSSR count). The van der Waals surface area contributed by atoms with Gasteiger partial charge < -0.3 is 14.9 Å². The van der Waals surface area contributed by atoms with Gasteiger partial charge in [-0.1, -0.05) is 6.58 Å². The summed E-state index contributed by atoms with van der Waals surface area (Å²) in [6, 6.07) is 0. The van der Waals surface area contributed by atoms with Gasteiger partial charge in [-0.3, -0.25) is 0 Å². The van der Waals surface area contributed by atoms with Crippen LogP contribution >= 0.6 is 0 Å². The molecule has 1 aliphatic heterocycles. The van der Waals surface area contributed by atoms with Gasteiger partial charge in [0.15, 0.2) is 0 Å². The van der Waals surface area contributed by atoms with Crippen LogP contribution in [0.15, 0.2) is 25.2 Å². The van der Waals surface area contributed by atoms with E-state index in [9.17, 15) is 5.11 Å². The van der Waals surface area contributed by atoms with Crippen molar-refractivity contribution < 1.29 is 5.11 Å². The Morgan fingerprint density at radius 2 is 2.40 bits per heavy atom. The van der Waals surface area contributed by atoms with Crippen LogP contribution in [-0.2, 0) is 0 Å². The van der Waals surface area contributed by atoms with E-state index in [0.29, 0.717) is 0 Å². The lowest BCUT2D eigenvalue weighted by Crippen LogP contribution is -2.35. The molecule has 1 atom stereocenters. The first-order chi connectivity index (χ1) is 4.79. The number of hydrogen-bond donors (Lipinski definition) is 1. The fourth-order valence-electron chi connectivity index (χ4n) is 0.912. The fraction of sp³-hybridized carbons (Fsp3) is 0.429. The third-order valence-electron chi connectivity index (χ3n) is 1.57. The van der Waals surface area contributed by atoms with E-state index in [1.807, 2.05) is 18.0 Å². The Kier molecular flexibility index (Phi) is 1.97. The van der Waals surface area contributed by atoms with Crippen molar-refractivity contribution in [1.29, 1.82) is 0 Å². The number of hydrogen-bond acceptors (Lipinski definition) is 3. The molecule has 3 heteroatoms. The summed E-state index contributed by atoms with van der Waals surface area (Å²) in [4.78, 5) is 3.45. The Morgan fingerprint density at radius 1 is 1.70 bits per heavy atom. The second-order valence-electron chi connectivity index (χ2n) is 2.10. The van der Waals surface area contributed by atoms with Crippen molar-refractivity contribution in [1.82, 2.24) is 9.80 Å². The monoisotopic (exact) mass is 140 g/mol. The molecule has 0 aliphatic carbocycles. The average Bonchev–Trinajstić information content (AvgIpc) is 2.30. The summed E-state index contributed by atoms with van der Waals surface area (Å²) in [5, 5.41) is 9.37. The van der Waals surface area contributed by atoms with Gasteiger partial charge in [0, 0.05) is 25.1 Å². The molecule has 0 fully saturated rings. The van der Waals surface area contributed by atoms with Crippen molar-refractivity contribution >= 4 is 0 Å². The minimum Gasteiger partial charge on any atom is -0.356 e. The van der Waals surface area contributed by atoms with E-state index >= 15 is 0 Å². The van der Waals surface area contributed by atoms with E-state index < -0.39 is 6.35 Å². The van der Waals surface area contributed by atoms with Crippen LogP contribution < -0.4 is 0 Å². The van der Waals surface area contributed by atoms with Crippen molar-refractivity contribution in [2.45, 2.75) is 13.3 Å². The van der Waals surface area contributed by atoms with Crippen molar-refractivity contribution in [3.05, 3.63) is 25.2 Å². The zero-order valence-corrected chi connectivity index (χ0v) is 6.07. The standard InChI is InChI=1S/C7H12N2O/c1-3-8-5-6-9(4-2)7(8)10/h3,5-7,10H,1,4H2,2H3.